The fourth-order valence-electron chi connectivity index (χ4n) is 2.47. The molecule has 0 saturated carbocycles. The molecule has 0 bridgehead atoms. The molecule has 0 aliphatic carbocycles. The lowest BCUT2D eigenvalue weighted by Gasteiger charge is -2.18. The third kappa shape index (κ3) is 4.35. The van der Waals surface area contributed by atoms with E-state index in [2.05, 4.69) is 36.3 Å². The zero-order valence-corrected chi connectivity index (χ0v) is 17.0. The highest BCUT2D eigenvalue weighted by atomic mass is 35.5. The lowest BCUT2D eigenvalue weighted by molar-refractivity contribution is -0.384. The first kappa shape index (κ1) is 19.9. The second-order valence-electron chi connectivity index (χ2n) is 7.12. The molecular weight excluding hydrogens is 400 g/mol. The van der Waals surface area contributed by atoms with Crippen molar-refractivity contribution >= 4 is 39.7 Å². The van der Waals surface area contributed by atoms with E-state index in [0.29, 0.717) is 10.1 Å². The molecule has 3 rings (SSSR count). The maximum Gasteiger partial charge on any atom is 0.288 e. The fourth-order valence-corrected chi connectivity index (χ4v) is 3.40. The summed E-state index contributed by atoms with van der Waals surface area (Å²) in [4.78, 5) is 22.7. The lowest BCUT2D eigenvalue weighted by atomic mass is 9.87. The summed E-state index contributed by atoms with van der Waals surface area (Å²) in [6.07, 6.45) is 0. The van der Waals surface area contributed by atoms with Crippen LogP contribution in [0, 0.1) is 10.1 Å². The molecule has 0 atom stereocenters. The molecule has 1 heterocycles. The Morgan fingerprint density at radius 2 is 1.82 bits per heavy atom. The number of nitro groups is 1. The predicted molar refractivity (Wildman–Crippen MR) is 110 cm³/mol. The topological polar surface area (TPSA) is 98.0 Å². The van der Waals surface area contributed by atoms with E-state index in [1.165, 1.54) is 29.0 Å². The van der Waals surface area contributed by atoms with Crippen molar-refractivity contribution in [1.82, 2.24) is 10.2 Å². The van der Waals surface area contributed by atoms with Gasteiger partial charge in [-0.15, -0.1) is 10.2 Å². The standard InChI is InChI=1S/C19H17ClN4O3S/c1-19(2,3)13-7-4-11(5-8-13)17-22-23-18(28-17)21-16(25)12-6-9-14(20)15(10-12)24(26)27/h4-10H,1-3H3,(H,21,23,25). The van der Waals surface area contributed by atoms with Gasteiger partial charge in [-0.2, -0.15) is 0 Å². The Morgan fingerprint density at radius 1 is 1.14 bits per heavy atom. The number of nitro benzene ring substituents is 1. The number of hydrogen-bond donors (Lipinski definition) is 1. The fraction of sp³-hybridized carbons (Fsp3) is 0.211. The molecule has 0 saturated heterocycles. The van der Waals surface area contributed by atoms with Gasteiger partial charge in [0.1, 0.15) is 10.0 Å². The lowest BCUT2D eigenvalue weighted by Crippen LogP contribution is -2.12. The van der Waals surface area contributed by atoms with Crippen LogP contribution in [-0.2, 0) is 5.41 Å². The number of benzene rings is 2. The van der Waals surface area contributed by atoms with Crippen LogP contribution in [0.15, 0.2) is 42.5 Å². The van der Waals surface area contributed by atoms with Gasteiger partial charge in [-0.05, 0) is 23.1 Å². The van der Waals surface area contributed by atoms with Crippen LogP contribution >= 0.6 is 22.9 Å². The van der Waals surface area contributed by atoms with Crippen molar-refractivity contribution in [3.05, 3.63) is 68.7 Å². The average molecular weight is 417 g/mol. The van der Waals surface area contributed by atoms with Crippen molar-refractivity contribution in [1.29, 1.82) is 0 Å². The van der Waals surface area contributed by atoms with Gasteiger partial charge in [0.05, 0.1) is 4.92 Å². The Morgan fingerprint density at radius 3 is 2.43 bits per heavy atom. The second kappa shape index (κ2) is 7.65. The van der Waals surface area contributed by atoms with Crippen molar-refractivity contribution in [3.8, 4) is 10.6 Å². The molecule has 0 aliphatic rings. The average Bonchev–Trinajstić information content (AvgIpc) is 3.09. The highest BCUT2D eigenvalue weighted by Gasteiger charge is 2.18. The molecule has 0 spiro atoms. The van der Waals surface area contributed by atoms with Crippen LogP contribution in [-0.4, -0.2) is 21.0 Å². The van der Waals surface area contributed by atoms with Gasteiger partial charge in [0.25, 0.3) is 11.6 Å². The molecule has 0 aliphatic heterocycles. The summed E-state index contributed by atoms with van der Waals surface area (Å²) in [7, 11) is 0. The SMILES string of the molecule is CC(C)(C)c1ccc(-c2nnc(NC(=O)c3ccc(Cl)c([N+](=O)[O-])c3)s2)cc1. The van der Waals surface area contributed by atoms with E-state index >= 15 is 0 Å². The van der Waals surface area contributed by atoms with Crippen molar-refractivity contribution < 1.29 is 9.72 Å². The molecule has 144 valence electrons. The van der Waals surface area contributed by atoms with E-state index < -0.39 is 10.8 Å². The van der Waals surface area contributed by atoms with Gasteiger partial charge in [0.2, 0.25) is 5.13 Å². The number of carbonyl (C=O) groups is 1. The van der Waals surface area contributed by atoms with Crippen molar-refractivity contribution in [2.75, 3.05) is 5.32 Å². The number of carbonyl (C=O) groups excluding carboxylic acids is 1. The molecular formula is C19H17ClN4O3S. The number of nitrogens with one attached hydrogen (secondary N) is 1. The monoisotopic (exact) mass is 416 g/mol. The van der Waals surface area contributed by atoms with Gasteiger partial charge >= 0.3 is 0 Å². The number of rotatable bonds is 4. The van der Waals surface area contributed by atoms with Crippen LogP contribution in [0.2, 0.25) is 5.02 Å². The molecule has 1 aromatic heterocycles. The van der Waals surface area contributed by atoms with Crippen LogP contribution in [0.25, 0.3) is 10.6 Å². The Bertz CT molecular complexity index is 1040. The summed E-state index contributed by atoms with van der Waals surface area (Å²) in [5.74, 6) is -0.523. The van der Waals surface area contributed by atoms with Crippen LogP contribution in [0.5, 0.6) is 0 Å². The van der Waals surface area contributed by atoms with E-state index in [9.17, 15) is 14.9 Å². The second-order valence-corrected chi connectivity index (χ2v) is 8.50. The van der Waals surface area contributed by atoms with E-state index in [1.54, 1.807) is 0 Å². The molecule has 0 unspecified atom stereocenters. The third-order valence-corrected chi connectivity index (χ3v) is 5.26. The van der Waals surface area contributed by atoms with E-state index in [1.807, 2.05) is 24.3 Å². The maximum absolute atomic E-state index is 12.4. The van der Waals surface area contributed by atoms with Crippen molar-refractivity contribution in [2.24, 2.45) is 0 Å². The van der Waals surface area contributed by atoms with Gasteiger partial charge < -0.3 is 0 Å². The minimum Gasteiger partial charge on any atom is -0.296 e. The molecule has 1 amide bonds. The van der Waals surface area contributed by atoms with Crippen LogP contribution in [0.1, 0.15) is 36.7 Å². The molecule has 9 heteroatoms. The van der Waals surface area contributed by atoms with Gasteiger partial charge in [-0.25, -0.2) is 0 Å². The van der Waals surface area contributed by atoms with Gasteiger partial charge in [-0.3, -0.25) is 20.2 Å². The van der Waals surface area contributed by atoms with E-state index in [4.69, 9.17) is 11.6 Å². The van der Waals surface area contributed by atoms with Crippen LogP contribution in [0.3, 0.4) is 0 Å². The van der Waals surface area contributed by atoms with Gasteiger partial charge in [0, 0.05) is 17.2 Å². The van der Waals surface area contributed by atoms with E-state index in [-0.39, 0.29) is 21.7 Å². The van der Waals surface area contributed by atoms with Crippen LogP contribution in [0.4, 0.5) is 10.8 Å². The minimum absolute atomic E-state index is 0.0292. The summed E-state index contributed by atoms with van der Waals surface area (Å²) in [5.41, 5.74) is 1.94. The molecule has 0 fully saturated rings. The quantitative estimate of drug-likeness (QED) is 0.458. The number of halogens is 1. The van der Waals surface area contributed by atoms with Crippen LogP contribution < -0.4 is 5.32 Å². The molecule has 3 aromatic rings. The number of aromatic nitrogens is 2. The third-order valence-electron chi connectivity index (χ3n) is 4.05. The van der Waals surface area contributed by atoms with Crippen molar-refractivity contribution in [3.63, 3.8) is 0 Å². The summed E-state index contributed by atoms with van der Waals surface area (Å²) in [5, 5.41) is 22.6. The Labute approximate surface area is 170 Å². The molecule has 1 N–H and O–H groups in total. The van der Waals surface area contributed by atoms with E-state index in [0.717, 1.165) is 11.6 Å². The van der Waals surface area contributed by atoms with Crippen molar-refractivity contribution in [2.45, 2.75) is 26.2 Å². The van der Waals surface area contributed by atoms with Gasteiger partial charge in [0.15, 0.2) is 0 Å². The largest absolute Gasteiger partial charge is 0.296 e. The summed E-state index contributed by atoms with van der Waals surface area (Å²) in [6, 6.07) is 11.9. The first-order valence-corrected chi connectivity index (χ1v) is 9.54. The highest BCUT2D eigenvalue weighted by Crippen LogP contribution is 2.30. The van der Waals surface area contributed by atoms with Gasteiger partial charge in [-0.1, -0.05) is 68.0 Å². The molecule has 0 radical (unpaired) electrons. The summed E-state index contributed by atoms with van der Waals surface area (Å²) in [6.45, 7) is 6.42. The highest BCUT2D eigenvalue weighted by molar-refractivity contribution is 7.18. The summed E-state index contributed by atoms with van der Waals surface area (Å²) >= 11 is 6.99. The molecule has 2 aromatic carbocycles. The number of anilines is 1. The number of hydrogen-bond acceptors (Lipinski definition) is 6. The summed E-state index contributed by atoms with van der Waals surface area (Å²) < 4.78 is 0. The molecule has 7 nitrogen and oxygen atoms in total. The smallest absolute Gasteiger partial charge is 0.288 e. The number of amides is 1. The molecule has 28 heavy (non-hydrogen) atoms. The zero-order chi connectivity index (χ0) is 20.5. The number of nitrogens with zero attached hydrogens (tertiary/aromatic N) is 3. The first-order valence-electron chi connectivity index (χ1n) is 8.35. The maximum atomic E-state index is 12.4. The Balaban J connectivity index is 1.77. The Hall–Kier alpha value is -2.84. The predicted octanol–water partition coefficient (Wildman–Crippen LogP) is 5.32. The first-order chi connectivity index (χ1) is 13.1. The zero-order valence-electron chi connectivity index (χ0n) is 15.4. The Kier molecular flexibility index (Phi) is 5.44. The normalized spacial score (nSPS) is 11.3. The minimum atomic E-state index is -0.636.